The Hall–Kier alpha value is -0.360. The highest BCUT2D eigenvalue weighted by atomic mass is 35.5. The number of thiazole rings is 1. The topological polar surface area (TPSA) is 42.0 Å². The van der Waals surface area contributed by atoms with E-state index in [0.29, 0.717) is 5.25 Å². The van der Waals surface area contributed by atoms with Gasteiger partial charge >= 0.3 is 0 Å². The predicted molar refractivity (Wildman–Crippen MR) is 76.9 cm³/mol. The van der Waals surface area contributed by atoms with Crippen LogP contribution in [-0.2, 0) is 4.79 Å². The molecule has 17 heavy (non-hydrogen) atoms. The third-order valence-electron chi connectivity index (χ3n) is 2.39. The molecule has 2 rings (SSSR count). The van der Waals surface area contributed by atoms with Crippen LogP contribution in [0.5, 0.6) is 0 Å². The standard InChI is InChI=1S/C11H14N2OS2.ClH/c1-8(14)16-10-2-3-12-7-9(10)6-11-13-4-5-15-11;/h4-6,10,12H,2-3,7H2,1H3;1H. The van der Waals surface area contributed by atoms with Gasteiger partial charge in [-0.3, -0.25) is 4.79 Å². The molecular formula is C11H15ClN2OS2. The molecule has 0 aliphatic carbocycles. The lowest BCUT2D eigenvalue weighted by Crippen LogP contribution is -2.32. The Morgan fingerprint density at radius 3 is 3.18 bits per heavy atom. The zero-order valence-electron chi connectivity index (χ0n) is 9.51. The number of nitrogens with one attached hydrogen (secondary N) is 1. The molecule has 1 atom stereocenters. The molecule has 1 aliphatic rings. The van der Waals surface area contributed by atoms with Crippen molar-refractivity contribution in [1.82, 2.24) is 10.3 Å². The summed E-state index contributed by atoms with van der Waals surface area (Å²) >= 11 is 3.06. The van der Waals surface area contributed by atoms with Gasteiger partial charge in [-0.05, 0) is 24.6 Å². The van der Waals surface area contributed by atoms with Crippen LogP contribution >= 0.6 is 35.5 Å². The lowest BCUT2D eigenvalue weighted by Gasteiger charge is -2.24. The lowest BCUT2D eigenvalue weighted by atomic mass is 10.1. The molecule has 1 aliphatic heterocycles. The maximum Gasteiger partial charge on any atom is 0.186 e. The molecule has 1 aromatic rings. The summed E-state index contributed by atoms with van der Waals surface area (Å²) in [4.78, 5) is 15.4. The number of rotatable bonds is 2. The number of hydrogen-bond acceptors (Lipinski definition) is 5. The third kappa shape index (κ3) is 4.43. The van der Waals surface area contributed by atoms with Gasteiger partial charge < -0.3 is 5.32 Å². The molecule has 1 aromatic heterocycles. The zero-order chi connectivity index (χ0) is 11.4. The first-order valence-corrected chi connectivity index (χ1v) is 6.99. The molecule has 0 aromatic carbocycles. The van der Waals surface area contributed by atoms with Crippen molar-refractivity contribution in [2.45, 2.75) is 18.6 Å². The monoisotopic (exact) mass is 290 g/mol. The Bertz CT molecular complexity index is 392. The quantitative estimate of drug-likeness (QED) is 0.909. The van der Waals surface area contributed by atoms with E-state index in [0.717, 1.165) is 24.5 Å². The fourth-order valence-corrected chi connectivity index (χ4v) is 3.25. The minimum absolute atomic E-state index is 0. The number of nitrogens with zero attached hydrogens (tertiary/aromatic N) is 1. The molecule has 3 nitrogen and oxygen atoms in total. The van der Waals surface area contributed by atoms with Crippen molar-refractivity contribution in [2.24, 2.45) is 0 Å². The number of carbonyl (C=O) groups is 1. The van der Waals surface area contributed by atoms with Gasteiger partial charge in [-0.2, -0.15) is 0 Å². The molecule has 2 heterocycles. The van der Waals surface area contributed by atoms with Crippen LogP contribution in [0, 0.1) is 0 Å². The number of carbonyl (C=O) groups excluding carboxylic acids is 1. The molecule has 0 radical (unpaired) electrons. The van der Waals surface area contributed by atoms with E-state index in [4.69, 9.17) is 0 Å². The first kappa shape index (κ1) is 14.7. The van der Waals surface area contributed by atoms with Crippen LogP contribution in [0.4, 0.5) is 0 Å². The number of aromatic nitrogens is 1. The molecule has 0 spiro atoms. The van der Waals surface area contributed by atoms with Gasteiger partial charge in [-0.25, -0.2) is 4.98 Å². The second-order valence-electron chi connectivity index (χ2n) is 3.65. The Morgan fingerprint density at radius 2 is 2.53 bits per heavy atom. The largest absolute Gasteiger partial charge is 0.313 e. The van der Waals surface area contributed by atoms with E-state index in [1.54, 1.807) is 24.5 Å². The summed E-state index contributed by atoms with van der Waals surface area (Å²) in [7, 11) is 0. The molecule has 0 bridgehead atoms. The zero-order valence-corrected chi connectivity index (χ0v) is 12.0. The fraction of sp³-hybridized carbons (Fsp3) is 0.455. The highest BCUT2D eigenvalue weighted by Gasteiger charge is 2.20. The lowest BCUT2D eigenvalue weighted by molar-refractivity contribution is -0.109. The molecule has 1 unspecified atom stereocenters. The fourth-order valence-electron chi connectivity index (χ4n) is 1.71. The van der Waals surface area contributed by atoms with Crippen molar-refractivity contribution >= 4 is 46.7 Å². The van der Waals surface area contributed by atoms with E-state index in [1.807, 2.05) is 5.38 Å². The van der Waals surface area contributed by atoms with Crippen LogP contribution in [0.15, 0.2) is 17.2 Å². The number of thioether (sulfide) groups is 1. The number of piperidine rings is 1. The van der Waals surface area contributed by atoms with E-state index in [1.165, 1.54) is 17.3 Å². The van der Waals surface area contributed by atoms with Gasteiger partial charge in [-0.15, -0.1) is 23.7 Å². The molecule has 1 saturated heterocycles. The van der Waals surface area contributed by atoms with Crippen LogP contribution in [0.1, 0.15) is 18.4 Å². The summed E-state index contributed by atoms with van der Waals surface area (Å²) in [5.41, 5.74) is 1.28. The van der Waals surface area contributed by atoms with Crippen LogP contribution in [0.25, 0.3) is 6.08 Å². The highest BCUT2D eigenvalue weighted by molar-refractivity contribution is 8.14. The van der Waals surface area contributed by atoms with Crippen LogP contribution in [0.2, 0.25) is 0 Å². The molecule has 0 saturated carbocycles. The molecule has 1 N–H and O–H groups in total. The second-order valence-corrected chi connectivity index (χ2v) is 5.96. The SMILES string of the molecule is CC(=O)SC1CCNCC1=Cc1nccs1.Cl. The average Bonchev–Trinajstić information content (AvgIpc) is 2.73. The molecule has 94 valence electrons. The molecular weight excluding hydrogens is 276 g/mol. The molecule has 1 fully saturated rings. The smallest absolute Gasteiger partial charge is 0.186 e. The maximum atomic E-state index is 11.2. The molecule has 6 heteroatoms. The summed E-state index contributed by atoms with van der Waals surface area (Å²) in [6.45, 7) is 3.48. The van der Waals surface area contributed by atoms with Crippen molar-refractivity contribution in [3.63, 3.8) is 0 Å². The maximum absolute atomic E-state index is 11.2. The van der Waals surface area contributed by atoms with Gasteiger partial charge in [0.2, 0.25) is 0 Å². The van der Waals surface area contributed by atoms with E-state index < -0.39 is 0 Å². The van der Waals surface area contributed by atoms with Crippen LogP contribution < -0.4 is 5.32 Å². The second kappa shape index (κ2) is 7.16. The Morgan fingerprint density at radius 1 is 1.71 bits per heavy atom. The molecule has 0 amide bonds. The summed E-state index contributed by atoms with van der Waals surface area (Å²) < 4.78 is 0. The number of hydrogen-bond donors (Lipinski definition) is 1. The highest BCUT2D eigenvalue weighted by Crippen LogP contribution is 2.27. The van der Waals surface area contributed by atoms with Gasteiger partial charge in [0.15, 0.2) is 5.12 Å². The minimum Gasteiger partial charge on any atom is -0.313 e. The Kier molecular flexibility index (Phi) is 6.19. The Balaban J connectivity index is 0.00000144. The summed E-state index contributed by atoms with van der Waals surface area (Å²) in [5.74, 6) is 0. The van der Waals surface area contributed by atoms with Crippen molar-refractivity contribution in [3.05, 3.63) is 22.2 Å². The average molecular weight is 291 g/mol. The van der Waals surface area contributed by atoms with E-state index in [2.05, 4.69) is 16.4 Å². The van der Waals surface area contributed by atoms with E-state index in [-0.39, 0.29) is 17.5 Å². The van der Waals surface area contributed by atoms with Gasteiger partial charge in [0, 0.05) is 30.3 Å². The predicted octanol–water partition coefficient (Wildman–Crippen LogP) is 2.59. The summed E-state index contributed by atoms with van der Waals surface area (Å²) in [6, 6.07) is 0. The normalized spacial score (nSPS) is 22.2. The van der Waals surface area contributed by atoms with Gasteiger partial charge in [0.05, 0.1) is 0 Å². The first-order chi connectivity index (χ1) is 7.75. The van der Waals surface area contributed by atoms with Gasteiger partial charge in [0.1, 0.15) is 5.01 Å². The van der Waals surface area contributed by atoms with Gasteiger partial charge in [0.25, 0.3) is 0 Å². The van der Waals surface area contributed by atoms with Crippen molar-refractivity contribution in [3.8, 4) is 0 Å². The number of halogens is 1. The van der Waals surface area contributed by atoms with Crippen molar-refractivity contribution < 1.29 is 4.79 Å². The van der Waals surface area contributed by atoms with Crippen molar-refractivity contribution in [2.75, 3.05) is 13.1 Å². The third-order valence-corrected chi connectivity index (χ3v) is 4.27. The van der Waals surface area contributed by atoms with Crippen molar-refractivity contribution in [1.29, 1.82) is 0 Å². The van der Waals surface area contributed by atoms with Crippen LogP contribution in [0.3, 0.4) is 0 Å². The summed E-state index contributed by atoms with van der Waals surface area (Å²) in [5, 5.41) is 6.84. The van der Waals surface area contributed by atoms with Gasteiger partial charge in [-0.1, -0.05) is 11.8 Å². The van der Waals surface area contributed by atoms with E-state index >= 15 is 0 Å². The summed E-state index contributed by atoms with van der Waals surface area (Å²) in [6.07, 6.45) is 4.93. The Labute approximate surface area is 116 Å². The first-order valence-electron chi connectivity index (χ1n) is 5.23. The minimum atomic E-state index is 0. The van der Waals surface area contributed by atoms with E-state index in [9.17, 15) is 4.79 Å². The van der Waals surface area contributed by atoms with Crippen LogP contribution in [-0.4, -0.2) is 28.4 Å².